The van der Waals surface area contributed by atoms with Crippen LogP contribution in [0.4, 0.5) is 4.39 Å². The van der Waals surface area contributed by atoms with Crippen molar-refractivity contribution in [2.75, 3.05) is 0 Å². The average Bonchev–Trinajstić information content (AvgIpc) is 2.81. The summed E-state index contributed by atoms with van der Waals surface area (Å²) in [5.74, 6) is -1.55. The van der Waals surface area contributed by atoms with E-state index in [4.69, 9.17) is 18.9 Å². The van der Waals surface area contributed by atoms with Gasteiger partial charge in [0.15, 0.2) is 0 Å². The number of hydrogen-bond donors (Lipinski definition) is 1. The molecule has 1 atom stereocenters. The zero-order chi connectivity index (χ0) is 24.5. The molecular formula is C26H29FO7. The molecule has 0 saturated heterocycles. The van der Waals surface area contributed by atoms with Crippen LogP contribution in [0.15, 0.2) is 55.3 Å². The molecule has 1 aliphatic carbocycles. The summed E-state index contributed by atoms with van der Waals surface area (Å²) in [5.41, 5.74) is -0.251. The summed E-state index contributed by atoms with van der Waals surface area (Å²) in [6, 6.07) is 9.75. The van der Waals surface area contributed by atoms with E-state index in [0.717, 1.165) is 12.5 Å². The third-order valence-corrected chi connectivity index (χ3v) is 5.48. The van der Waals surface area contributed by atoms with E-state index in [9.17, 15) is 19.1 Å². The molecule has 3 rings (SSSR count). The van der Waals surface area contributed by atoms with Crippen LogP contribution in [-0.4, -0.2) is 29.4 Å². The predicted molar refractivity (Wildman–Crippen MR) is 122 cm³/mol. The largest absolute Gasteiger partial charge is 0.463 e. The van der Waals surface area contributed by atoms with Gasteiger partial charge in [-0.2, -0.15) is 0 Å². The summed E-state index contributed by atoms with van der Waals surface area (Å²) in [7, 11) is 0. The Bertz CT molecular complexity index is 981. The van der Waals surface area contributed by atoms with Crippen LogP contribution in [0.5, 0.6) is 17.2 Å². The number of carbonyl (C=O) groups excluding carboxylic acids is 2. The monoisotopic (exact) mass is 472 g/mol. The van der Waals surface area contributed by atoms with Crippen molar-refractivity contribution >= 4 is 11.9 Å². The maximum atomic E-state index is 14.5. The fourth-order valence-corrected chi connectivity index (χ4v) is 3.63. The van der Waals surface area contributed by atoms with E-state index >= 15 is 0 Å². The molecule has 0 spiro atoms. The number of carbonyl (C=O) groups is 2. The standard InChI is InChI=1S/C26H29FO7/c1-3-5-24(31-4-2)32-21-14-15-22(23(27)16-21)26(30)34-20-12-10-19(11-13-20)33-25(29)17-6-8-18(28)9-7-17/h4,10-18,24,28H,2-3,5-9H2,1H3. The molecule has 2 aromatic rings. The highest BCUT2D eigenvalue weighted by atomic mass is 19.1. The van der Waals surface area contributed by atoms with Gasteiger partial charge in [0.25, 0.3) is 0 Å². The fourth-order valence-electron chi connectivity index (χ4n) is 3.63. The van der Waals surface area contributed by atoms with Crippen molar-refractivity contribution in [2.45, 2.75) is 57.8 Å². The van der Waals surface area contributed by atoms with Gasteiger partial charge in [-0.3, -0.25) is 4.79 Å². The number of aliphatic hydroxyl groups is 1. The molecular weight excluding hydrogens is 443 g/mol. The molecule has 0 aliphatic heterocycles. The molecule has 1 saturated carbocycles. The molecule has 7 nitrogen and oxygen atoms in total. The molecule has 0 aromatic heterocycles. The summed E-state index contributed by atoms with van der Waals surface area (Å²) in [6.45, 7) is 5.45. The molecule has 2 aromatic carbocycles. The van der Waals surface area contributed by atoms with Crippen molar-refractivity contribution in [3.8, 4) is 17.2 Å². The Balaban J connectivity index is 1.56. The minimum absolute atomic E-state index is 0.174. The normalized spacial score (nSPS) is 18.4. The summed E-state index contributed by atoms with van der Waals surface area (Å²) >= 11 is 0. The second kappa shape index (κ2) is 12.2. The lowest BCUT2D eigenvalue weighted by Crippen LogP contribution is -2.27. The van der Waals surface area contributed by atoms with Crippen LogP contribution in [0.1, 0.15) is 55.8 Å². The number of esters is 2. The first-order chi connectivity index (χ1) is 16.4. The van der Waals surface area contributed by atoms with E-state index in [1.165, 1.54) is 42.7 Å². The quantitative estimate of drug-likeness (QED) is 0.221. The van der Waals surface area contributed by atoms with Crippen LogP contribution >= 0.6 is 0 Å². The Morgan fingerprint density at radius 2 is 1.68 bits per heavy atom. The number of halogens is 1. The van der Waals surface area contributed by atoms with Crippen molar-refractivity contribution in [2.24, 2.45) is 5.92 Å². The maximum absolute atomic E-state index is 14.5. The van der Waals surface area contributed by atoms with Gasteiger partial charge in [-0.05, 0) is 68.5 Å². The minimum atomic E-state index is -0.873. The molecule has 8 heteroatoms. The molecule has 0 bridgehead atoms. The lowest BCUT2D eigenvalue weighted by Gasteiger charge is -2.23. The number of rotatable bonds is 10. The van der Waals surface area contributed by atoms with Gasteiger partial charge >= 0.3 is 11.9 Å². The SMILES string of the molecule is C=COC(CCC)Oc1ccc(C(=O)Oc2ccc(OC(=O)C3CCC(O)CC3)cc2)c(F)c1. The number of benzene rings is 2. The topological polar surface area (TPSA) is 91.3 Å². The highest BCUT2D eigenvalue weighted by Gasteiger charge is 2.26. The first-order valence-corrected chi connectivity index (χ1v) is 11.3. The second-order valence-electron chi connectivity index (χ2n) is 8.07. The maximum Gasteiger partial charge on any atom is 0.346 e. The summed E-state index contributed by atoms with van der Waals surface area (Å²) in [4.78, 5) is 24.7. The molecule has 1 fully saturated rings. The summed E-state index contributed by atoms with van der Waals surface area (Å²) < 4.78 is 36.0. The zero-order valence-corrected chi connectivity index (χ0v) is 19.1. The third-order valence-electron chi connectivity index (χ3n) is 5.48. The lowest BCUT2D eigenvalue weighted by atomic mass is 9.87. The fraction of sp³-hybridized carbons (Fsp3) is 0.385. The van der Waals surface area contributed by atoms with Gasteiger partial charge in [0.2, 0.25) is 6.29 Å². The van der Waals surface area contributed by atoms with Crippen LogP contribution in [0.25, 0.3) is 0 Å². The second-order valence-corrected chi connectivity index (χ2v) is 8.07. The zero-order valence-electron chi connectivity index (χ0n) is 19.1. The van der Waals surface area contributed by atoms with Gasteiger partial charge in [0, 0.05) is 12.5 Å². The van der Waals surface area contributed by atoms with Crippen molar-refractivity contribution in [3.63, 3.8) is 0 Å². The Kier molecular flexibility index (Phi) is 9.04. The van der Waals surface area contributed by atoms with Gasteiger partial charge in [-0.1, -0.05) is 13.5 Å². The number of ether oxygens (including phenoxy) is 4. The Morgan fingerprint density at radius 3 is 2.26 bits per heavy atom. The highest BCUT2D eigenvalue weighted by Crippen LogP contribution is 2.27. The Labute approximate surface area is 198 Å². The van der Waals surface area contributed by atoms with Crippen LogP contribution in [0, 0.1) is 11.7 Å². The highest BCUT2D eigenvalue weighted by molar-refractivity contribution is 5.91. The van der Waals surface area contributed by atoms with E-state index in [1.54, 1.807) is 0 Å². The Morgan fingerprint density at radius 1 is 1.06 bits per heavy atom. The third kappa shape index (κ3) is 7.05. The molecule has 1 unspecified atom stereocenters. The van der Waals surface area contributed by atoms with Gasteiger partial charge < -0.3 is 24.1 Å². The average molecular weight is 473 g/mol. The first kappa shape index (κ1) is 25.2. The lowest BCUT2D eigenvalue weighted by molar-refractivity contribution is -0.140. The molecule has 182 valence electrons. The van der Waals surface area contributed by atoms with Crippen LogP contribution < -0.4 is 14.2 Å². The molecule has 0 heterocycles. The number of hydrogen-bond acceptors (Lipinski definition) is 7. The van der Waals surface area contributed by atoms with Crippen molar-refractivity contribution in [3.05, 3.63) is 66.7 Å². The van der Waals surface area contributed by atoms with Crippen molar-refractivity contribution < 1.29 is 38.0 Å². The van der Waals surface area contributed by atoms with Gasteiger partial charge in [0.1, 0.15) is 23.1 Å². The van der Waals surface area contributed by atoms with E-state index < -0.39 is 18.1 Å². The molecule has 34 heavy (non-hydrogen) atoms. The van der Waals surface area contributed by atoms with Crippen LogP contribution in [0.2, 0.25) is 0 Å². The van der Waals surface area contributed by atoms with Crippen molar-refractivity contribution in [1.82, 2.24) is 0 Å². The molecule has 1 N–H and O–H groups in total. The van der Waals surface area contributed by atoms with Gasteiger partial charge in [0.05, 0.1) is 23.8 Å². The van der Waals surface area contributed by atoms with Crippen molar-refractivity contribution in [1.29, 1.82) is 0 Å². The number of aliphatic hydroxyl groups excluding tert-OH is 1. The Hall–Kier alpha value is -3.39. The summed E-state index contributed by atoms with van der Waals surface area (Å²) in [5, 5.41) is 9.56. The molecule has 0 amide bonds. The van der Waals surface area contributed by atoms with E-state index in [2.05, 4.69) is 6.58 Å². The van der Waals surface area contributed by atoms with E-state index in [1.807, 2.05) is 6.92 Å². The molecule has 1 aliphatic rings. The van der Waals surface area contributed by atoms with E-state index in [-0.39, 0.29) is 35.1 Å². The van der Waals surface area contributed by atoms with E-state index in [0.29, 0.717) is 37.9 Å². The smallest absolute Gasteiger partial charge is 0.346 e. The first-order valence-electron chi connectivity index (χ1n) is 11.3. The van der Waals surface area contributed by atoms with Gasteiger partial charge in [-0.25, -0.2) is 9.18 Å². The molecule has 0 radical (unpaired) electrons. The summed E-state index contributed by atoms with van der Waals surface area (Å²) in [6.07, 6.45) is 4.04. The van der Waals surface area contributed by atoms with Crippen LogP contribution in [-0.2, 0) is 9.53 Å². The van der Waals surface area contributed by atoms with Crippen LogP contribution in [0.3, 0.4) is 0 Å². The van der Waals surface area contributed by atoms with Gasteiger partial charge in [-0.15, -0.1) is 0 Å². The predicted octanol–water partition coefficient (Wildman–Crippen LogP) is 5.17. The minimum Gasteiger partial charge on any atom is -0.463 e.